The highest BCUT2D eigenvalue weighted by atomic mass is 15.1. The first kappa shape index (κ1) is 7.85. The summed E-state index contributed by atoms with van der Waals surface area (Å²) in [7, 11) is 3.83. The minimum Gasteiger partial charge on any atom is -0.361 e. The Balaban J connectivity index is 2.62. The van der Waals surface area contributed by atoms with Gasteiger partial charge in [-0.1, -0.05) is 0 Å². The van der Waals surface area contributed by atoms with E-state index >= 15 is 0 Å². The number of fused-ring (bicyclic) bond motifs is 1. The molecule has 2 aromatic heterocycles. The predicted molar refractivity (Wildman–Crippen MR) is 49.5 cm³/mol. The van der Waals surface area contributed by atoms with Crippen LogP contribution < -0.4 is 4.90 Å². The summed E-state index contributed by atoms with van der Waals surface area (Å²) >= 11 is 0. The van der Waals surface area contributed by atoms with E-state index in [1.807, 2.05) is 19.0 Å². The lowest BCUT2D eigenvalue weighted by atomic mass is 10.5. The topological polar surface area (TPSA) is 54.8 Å². The van der Waals surface area contributed by atoms with Gasteiger partial charge in [-0.3, -0.25) is 0 Å². The number of aromatic nitrogens is 4. The van der Waals surface area contributed by atoms with Crippen molar-refractivity contribution in [2.24, 2.45) is 0 Å². The van der Waals surface area contributed by atoms with Crippen molar-refractivity contribution in [3.05, 3.63) is 18.7 Å². The number of hydrogen-bond acceptors (Lipinski definition) is 5. The average molecular weight is 175 g/mol. The van der Waals surface area contributed by atoms with Crippen LogP contribution in [0.2, 0.25) is 0 Å². The van der Waals surface area contributed by atoms with Crippen LogP contribution in [0.15, 0.2) is 18.7 Å². The minimum absolute atomic E-state index is 0.626. The van der Waals surface area contributed by atoms with Gasteiger partial charge in [0, 0.05) is 14.1 Å². The molecular formula is C8H9N5. The van der Waals surface area contributed by atoms with Gasteiger partial charge in [0.1, 0.15) is 17.7 Å². The van der Waals surface area contributed by atoms with E-state index in [2.05, 4.69) is 19.9 Å². The van der Waals surface area contributed by atoms with Crippen molar-refractivity contribution >= 4 is 17.0 Å². The Kier molecular flexibility index (Phi) is 1.77. The number of nitrogens with zero attached hydrogens (tertiary/aromatic N) is 5. The second-order valence-corrected chi connectivity index (χ2v) is 2.85. The first-order valence-electron chi connectivity index (χ1n) is 3.87. The summed E-state index contributed by atoms with van der Waals surface area (Å²) in [6.45, 7) is 0. The van der Waals surface area contributed by atoms with Crippen LogP contribution in [0.25, 0.3) is 11.2 Å². The van der Waals surface area contributed by atoms with Gasteiger partial charge >= 0.3 is 0 Å². The summed E-state index contributed by atoms with van der Waals surface area (Å²) in [5.41, 5.74) is 1.34. The van der Waals surface area contributed by atoms with Crippen molar-refractivity contribution in [1.29, 1.82) is 0 Å². The summed E-state index contributed by atoms with van der Waals surface area (Å²) in [6, 6.07) is 0. The molecule has 0 saturated heterocycles. The summed E-state index contributed by atoms with van der Waals surface area (Å²) in [6.07, 6.45) is 4.81. The fourth-order valence-electron chi connectivity index (χ4n) is 0.981. The van der Waals surface area contributed by atoms with Crippen molar-refractivity contribution in [2.75, 3.05) is 19.0 Å². The van der Waals surface area contributed by atoms with E-state index < -0.39 is 0 Å². The number of hydrogen-bond donors (Lipinski definition) is 0. The number of rotatable bonds is 1. The van der Waals surface area contributed by atoms with Crippen LogP contribution in [-0.4, -0.2) is 34.0 Å². The Morgan fingerprint density at radius 2 is 2.00 bits per heavy atom. The third-order valence-electron chi connectivity index (χ3n) is 1.67. The molecule has 0 spiro atoms. The molecule has 0 aliphatic carbocycles. The van der Waals surface area contributed by atoms with E-state index in [0.29, 0.717) is 11.2 Å². The van der Waals surface area contributed by atoms with Crippen LogP contribution in [0.1, 0.15) is 0 Å². The standard InChI is InChI=1S/C8H9N5/c1-13(2)7-4-10-8-6(12-7)3-9-5-11-8/h3-5H,1-2H3. The Bertz CT molecular complexity index is 426. The van der Waals surface area contributed by atoms with Crippen LogP contribution in [0.5, 0.6) is 0 Å². The molecule has 66 valence electrons. The average Bonchev–Trinajstić information content (AvgIpc) is 2.17. The Morgan fingerprint density at radius 1 is 1.15 bits per heavy atom. The Hall–Kier alpha value is -1.78. The molecule has 0 fully saturated rings. The first-order valence-corrected chi connectivity index (χ1v) is 3.87. The van der Waals surface area contributed by atoms with Gasteiger partial charge in [-0.15, -0.1) is 0 Å². The molecule has 0 amide bonds. The molecule has 0 radical (unpaired) electrons. The summed E-state index contributed by atoms with van der Waals surface area (Å²) in [5, 5.41) is 0. The third kappa shape index (κ3) is 1.40. The lowest BCUT2D eigenvalue weighted by Gasteiger charge is -2.09. The third-order valence-corrected chi connectivity index (χ3v) is 1.67. The largest absolute Gasteiger partial charge is 0.361 e. The van der Waals surface area contributed by atoms with Crippen molar-refractivity contribution < 1.29 is 0 Å². The highest BCUT2D eigenvalue weighted by molar-refractivity contribution is 5.69. The van der Waals surface area contributed by atoms with Crippen molar-refractivity contribution in [3.8, 4) is 0 Å². The van der Waals surface area contributed by atoms with Crippen molar-refractivity contribution in [2.45, 2.75) is 0 Å². The zero-order valence-corrected chi connectivity index (χ0v) is 7.47. The van der Waals surface area contributed by atoms with E-state index in [4.69, 9.17) is 0 Å². The van der Waals surface area contributed by atoms with Crippen LogP contribution in [0, 0.1) is 0 Å². The fraction of sp³-hybridized carbons (Fsp3) is 0.250. The van der Waals surface area contributed by atoms with Crippen LogP contribution in [0.4, 0.5) is 5.82 Å². The van der Waals surface area contributed by atoms with E-state index in [0.717, 1.165) is 5.82 Å². The lowest BCUT2D eigenvalue weighted by Crippen LogP contribution is -2.11. The molecular weight excluding hydrogens is 166 g/mol. The highest BCUT2D eigenvalue weighted by Crippen LogP contribution is 2.09. The van der Waals surface area contributed by atoms with Gasteiger partial charge in [-0.25, -0.2) is 19.9 Å². The van der Waals surface area contributed by atoms with Crippen molar-refractivity contribution in [3.63, 3.8) is 0 Å². The van der Waals surface area contributed by atoms with Gasteiger partial charge in [0.15, 0.2) is 5.65 Å². The quantitative estimate of drug-likeness (QED) is 0.631. The first-order chi connectivity index (χ1) is 6.27. The monoisotopic (exact) mass is 175 g/mol. The smallest absolute Gasteiger partial charge is 0.181 e. The molecule has 5 nitrogen and oxygen atoms in total. The second kappa shape index (κ2) is 2.93. The SMILES string of the molecule is CN(C)c1cnc2ncncc2n1. The molecule has 0 aliphatic rings. The van der Waals surface area contributed by atoms with E-state index in [-0.39, 0.29) is 0 Å². The summed E-state index contributed by atoms with van der Waals surface area (Å²) < 4.78 is 0. The maximum absolute atomic E-state index is 4.31. The molecule has 0 unspecified atom stereocenters. The fourth-order valence-corrected chi connectivity index (χ4v) is 0.981. The zero-order valence-electron chi connectivity index (χ0n) is 7.47. The molecule has 0 N–H and O–H groups in total. The summed E-state index contributed by atoms with van der Waals surface area (Å²) in [4.78, 5) is 18.2. The number of anilines is 1. The maximum atomic E-state index is 4.31. The van der Waals surface area contributed by atoms with Gasteiger partial charge in [-0.05, 0) is 0 Å². The van der Waals surface area contributed by atoms with Crippen LogP contribution in [0.3, 0.4) is 0 Å². The molecule has 0 aliphatic heterocycles. The predicted octanol–water partition coefficient (Wildman–Crippen LogP) is 0.486. The highest BCUT2D eigenvalue weighted by Gasteiger charge is 2.00. The molecule has 2 aromatic rings. The van der Waals surface area contributed by atoms with Crippen LogP contribution >= 0.6 is 0 Å². The minimum atomic E-state index is 0.626. The van der Waals surface area contributed by atoms with Gasteiger partial charge in [0.25, 0.3) is 0 Å². The molecule has 2 rings (SSSR count). The molecule has 0 saturated carbocycles. The molecule has 5 heteroatoms. The molecule has 13 heavy (non-hydrogen) atoms. The normalized spacial score (nSPS) is 10.3. The zero-order chi connectivity index (χ0) is 9.26. The Morgan fingerprint density at radius 3 is 2.77 bits per heavy atom. The van der Waals surface area contributed by atoms with E-state index in [9.17, 15) is 0 Å². The maximum Gasteiger partial charge on any atom is 0.181 e. The van der Waals surface area contributed by atoms with Crippen LogP contribution in [-0.2, 0) is 0 Å². The summed E-state index contributed by atoms with van der Waals surface area (Å²) in [5.74, 6) is 0.808. The van der Waals surface area contributed by atoms with Gasteiger partial charge in [0.05, 0.1) is 12.4 Å². The molecule has 0 aromatic carbocycles. The molecule has 0 atom stereocenters. The van der Waals surface area contributed by atoms with Gasteiger partial charge in [0.2, 0.25) is 0 Å². The lowest BCUT2D eigenvalue weighted by molar-refractivity contribution is 1.05. The van der Waals surface area contributed by atoms with Gasteiger partial charge < -0.3 is 4.90 Å². The Labute approximate surface area is 75.5 Å². The van der Waals surface area contributed by atoms with E-state index in [1.54, 1.807) is 12.4 Å². The van der Waals surface area contributed by atoms with Gasteiger partial charge in [-0.2, -0.15) is 0 Å². The molecule has 2 heterocycles. The second-order valence-electron chi connectivity index (χ2n) is 2.85. The van der Waals surface area contributed by atoms with Crippen molar-refractivity contribution in [1.82, 2.24) is 19.9 Å². The molecule has 0 bridgehead atoms. The van der Waals surface area contributed by atoms with E-state index in [1.165, 1.54) is 6.33 Å².